The number of piperidine rings is 1. The molecule has 1 unspecified atom stereocenters. The third-order valence-electron chi connectivity index (χ3n) is 4.88. The average molecular weight is 356 g/mol. The molecule has 0 N–H and O–H groups in total. The molecular formula is C17H25FN2O3S. The Labute approximate surface area is 143 Å². The molecule has 7 heteroatoms. The summed E-state index contributed by atoms with van der Waals surface area (Å²) in [7, 11) is -3.82. The molecule has 2 saturated heterocycles. The molecule has 0 bridgehead atoms. The maximum absolute atomic E-state index is 14.3. The highest BCUT2D eigenvalue weighted by Gasteiger charge is 2.36. The van der Waals surface area contributed by atoms with E-state index in [0.29, 0.717) is 31.9 Å². The number of benzene rings is 1. The zero-order chi connectivity index (χ0) is 17.2. The van der Waals surface area contributed by atoms with Crippen LogP contribution in [0.1, 0.15) is 24.8 Å². The van der Waals surface area contributed by atoms with Crippen LogP contribution in [0, 0.1) is 12.7 Å². The maximum Gasteiger partial charge on any atom is 0.246 e. The number of morpholine rings is 1. The molecule has 2 aliphatic heterocycles. The summed E-state index contributed by atoms with van der Waals surface area (Å²) in [5.74, 6) is -0.661. The van der Waals surface area contributed by atoms with E-state index in [9.17, 15) is 12.8 Å². The van der Waals surface area contributed by atoms with Crippen molar-refractivity contribution in [2.45, 2.75) is 37.1 Å². The van der Waals surface area contributed by atoms with Crippen LogP contribution in [0.15, 0.2) is 23.1 Å². The van der Waals surface area contributed by atoms with Crippen molar-refractivity contribution in [3.8, 4) is 0 Å². The van der Waals surface area contributed by atoms with E-state index in [1.165, 1.54) is 10.4 Å². The van der Waals surface area contributed by atoms with Gasteiger partial charge in [0.15, 0.2) is 0 Å². The molecule has 0 aromatic heterocycles. The standard InChI is InChI=1S/C17H25FN2O3S/c1-14-5-4-7-16(18)17(14)24(21,22)20-8-3-2-6-15(20)13-19-9-11-23-12-10-19/h4-5,7,15H,2-3,6,8-13H2,1H3. The minimum atomic E-state index is -3.82. The van der Waals surface area contributed by atoms with Gasteiger partial charge in [0.05, 0.1) is 13.2 Å². The predicted molar refractivity (Wildman–Crippen MR) is 89.9 cm³/mol. The molecule has 1 aromatic rings. The van der Waals surface area contributed by atoms with E-state index < -0.39 is 15.8 Å². The summed E-state index contributed by atoms with van der Waals surface area (Å²) >= 11 is 0. The highest BCUT2D eigenvalue weighted by atomic mass is 32.2. The van der Waals surface area contributed by atoms with Crippen LogP contribution in [0.2, 0.25) is 0 Å². The lowest BCUT2D eigenvalue weighted by Crippen LogP contribution is -2.51. The zero-order valence-corrected chi connectivity index (χ0v) is 14.9. The Morgan fingerprint density at radius 3 is 2.67 bits per heavy atom. The monoisotopic (exact) mass is 356 g/mol. The summed E-state index contributed by atoms with van der Waals surface area (Å²) in [6.07, 6.45) is 2.66. The van der Waals surface area contributed by atoms with Gasteiger partial charge in [0, 0.05) is 32.2 Å². The van der Waals surface area contributed by atoms with Crippen molar-refractivity contribution in [1.29, 1.82) is 0 Å². The van der Waals surface area contributed by atoms with Gasteiger partial charge < -0.3 is 4.74 Å². The number of rotatable bonds is 4. The molecule has 1 atom stereocenters. The minimum absolute atomic E-state index is 0.0964. The van der Waals surface area contributed by atoms with Gasteiger partial charge in [-0.1, -0.05) is 18.6 Å². The van der Waals surface area contributed by atoms with Crippen LogP contribution in [0.5, 0.6) is 0 Å². The SMILES string of the molecule is Cc1cccc(F)c1S(=O)(=O)N1CCCCC1CN1CCOCC1. The van der Waals surface area contributed by atoms with Crippen LogP contribution in [-0.2, 0) is 14.8 Å². The van der Waals surface area contributed by atoms with Crippen molar-refractivity contribution < 1.29 is 17.5 Å². The van der Waals surface area contributed by atoms with Gasteiger partial charge in [-0.25, -0.2) is 12.8 Å². The van der Waals surface area contributed by atoms with Gasteiger partial charge in [-0.3, -0.25) is 4.90 Å². The van der Waals surface area contributed by atoms with Crippen molar-refractivity contribution in [2.24, 2.45) is 0 Å². The van der Waals surface area contributed by atoms with E-state index in [4.69, 9.17) is 4.74 Å². The van der Waals surface area contributed by atoms with Gasteiger partial charge in [-0.05, 0) is 31.4 Å². The Balaban J connectivity index is 1.86. The number of sulfonamides is 1. The molecule has 1 aromatic carbocycles. The van der Waals surface area contributed by atoms with E-state index in [-0.39, 0.29) is 10.9 Å². The lowest BCUT2D eigenvalue weighted by atomic mass is 10.0. The summed E-state index contributed by atoms with van der Waals surface area (Å²) in [6, 6.07) is 4.32. The van der Waals surface area contributed by atoms with Gasteiger partial charge >= 0.3 is 0 Å². The van der Waals surface area contributed by atoms with E-state index in [1.807, 2.05) is 0 Å². The molecule has 2 heterocycles. The van der Waals surface area contributed by atoms with Crippen LogP contribution in [0.3, 0.4) is 0 Å². The van der Waals surface area contributed by atoms with Gasteiger partial charge in [0.2, 0.25) is 10.0 Å². The van der Waals surface area contributed by atoms with Crippen molar-refractivity contribution in [2.75, 3.05) is 39.4 Å². The number of nitrogens with zero attached hydrogens (tertiary/aromatic N) is 2. The molecule has 0 aliphatic carbocycles. The molecule has 0 radical (unpaired) electrons. The predicted octanol–water partition coefficient (Wildman–Crippen LogP) is 2.01. The van der Waals surface area contributed by atoms with E-state index in [1.54, 1.807) is 19.1 Å². The summed E-state index contributed by atoms with van der Waals surface area (Å²) < 4.78 is 47.4. The lowest BCUT2D eigenvalue weighted by Gasteiger charge is -2.39. The molecule has 3 rings (SSSR count). The molecule has 2 fully saturated rings. The molecule has 134 valence electrons. The van der Waals surface area contributed by atoms with E-state index in [0.717, 1.165) is 32.4 Å². The number of hydrogen-bond acceptors (Lipinski definition) is 4. The minimum Gasteiger partial charge on any atom is -0.379 e. The maximum atomic E-state index is 14.3. The van der Waals surface area contributed by atoms with E-state index >= 15 is 0 Å². The lowest BCUT2D eigenvalue weighted by molar-refractivity contribution is 0.0262. The number of hydrogen-bond donors (Lipinski definition) is 0. The molecule has 0 saturated carbocycles. The molecule has 0 amide bonds. The summed E-state index contributed by atoms with van der Waals surface area (Å²) in [5.41, 5.74) is 0.464. The van der Waals surface area contributed by atoms with E-state index in [2.05, 4.69) is 4.90 Å². The average Bonchev–Trinajstić information content (AvgIpc) is 2.56. The fourth-order valence-corrected chi connectivity index (χ4v) is 5.57. The van der Waals surface area contributed by atoms with Crippen LogP contribution >= 0.6 is 0 Å². The molecule has 5 nitrogen and oxygen atoms in total. The Morgan fingerprint density at radius 2 is 1.96 bits per heavy atom. The zero-order valence-electron chi connectivity index (χ0n) is 14.1. The summed E-state index contributed by atoms with van der Waals surface area (Å²) in [6.45, 7) is 5.82. The van der Waals surface area contributed by atoms with Crippen LogP contribution < -0.4 is 0 Å². The number of aryl methyl sites for hydroxylation is 1. The molecule has 2 aliphatic rings. The second kappa shape index (κ2) is 7.47. The Kier molecular flexibility index (Phi) is 5.54. The molecule has 24 heavy (non-hydrogen) atoms. The van der Waals surface area contributed by atoms with Crippen molar-refractivity contribution in [1.82, 2.24) is 9.21 Å². The van der Waals surface area contributed by atoms with Crippen molar-refractivity contribution in [3.05, 3.63) is 29.6 Å². The summed E-state index contributed by atoms with van der Waals surface area (Å²) in [4.78, 5) is 2.08. The first kappa shape index (κ1) is 17.8. The molecule has 0 spiro atoms. The first-order chi connectivity index (χ1) is 11.5. The largest absolute Gasteiger partial charge is 0.379 e. The fraction of sp³-hybridized carbons (Fsp3) is 0.647. The van der Waals surface area contributed by atoms with Crippen LogP contribution in [0.4, 0.5) is 4.39 Å². The fourth-order valence-electron chi connectivity index (χ4n) is 3.62. The quantitative estimate of drug-likeness (QED) is 0.828. The van der Waals surface area contributed by atoms with Crippen molar-refractivity contribution in [3.63, 3.8) is 0 Å². The third-order valence-corrected chi connectivity index (χ3v) is 7.01. The van der Waals surface area contributed by atoms with Gasteiger partial charge in [-0.2, -0.15) is 4.31 Å². The topological polar surface area (TPSA) is 49.9 Å². The summed E-state index contributed by atoms with van der Waals surface area (Å²) in [5, 5.41) is 0. The van der Waals surface area contributed by atoms with Gasteiger partial charge in [-0.15, -0.1) is 0 Å². The smallest absolute Gasteiger partial charge is 0.246 e. The highest BCUT2D eigenvalue weighted by Crippen LogP contribution is 2.29. The second-order valence-electron chi connectivity index (χ2n) is 6.56. The van der Waals surface area contributed by atoms with Gasteiger partial charge in [0.25, 0.3) is 0 Å². The Hall–Kier alpha value is -1.02. The normalized spacial score (nSPS) is 24.2. The Bertz CT molecular complexity index is 654. The van der Waals surface area contributed by atoms with Crippen molar-refractivity contribution >= 4 is 10.0 Å². The third kappa shape index (κ3) is 3.64. The second-order valence-corrected chi connectivity index (χ2v) is 8.39. The van der Waals surface area contributed by atoms with Crippen LogP contribution in [-0.4, -0.2) is 63.1 Å². The number of halogens is 1. The van der Waals surface area contributed by atoms with Gasteiger partial charge in [0.1, 0.15) is 10.7 Å². The van der Waals surface area contributed by atoms with Crippen LogP contribution in [0.25, 0.3) is 0 Å². The first-order valence-electron chi connectivity index (χ1n) is 8.57. The highest BCUT2D eigenvalue weighted by molar-refractivity contribution is 7.89. The molecular weight excluding hydrogens is 331 g/mol. The Morgan fingerprint density at radius 1 is 1.21 bits per heavy atom. The first-order valence-corrected chi connectivity index (χ1v) is 10.0. The number of ether oxygens (including phenoxy) is 1.